The Hall–Kier alpha value is -1.62. The second kappa shape index (κ2) is 6.85. The first-order valence-electron chi connectivity index (χ1n) is 5.80. The Bertz CT molecular complexity index is 363. The van der Waals surface area contributed by atoms with Crippen molar-refractivity contribution in [2.24, 2.45) is 0 Å². The van der Waals surface area contributed by atoms with Crippen molar-refractivity contribution in [1.29, 1.82) is 0 Å². The highest BCUT2D eigenvalue weighted by Crippen LogP contribution is 2.17. The Labute approximate surface area is 101 Å². The molecule has 1 aromatic heterocycles. The van der Waals surface area contributed by atoms with Gasteiger partial charge in [-0.05, 0) is 12.1 Å². The van der Waals surface area contributed by atoms with E-state index < -0.39 is 5.97 Å². The fraction of sp³-hybridized carbons (Fsp3) is 0.500. The molecule has 5 nitrogen and oxygen atoms in total. The summed E-state index contributed by atoms with van der Waals surface area (Å²) in [5.41, 5.74) is 0.249. The molecule has 0 amide bonds. The summed E-state index contributed by atoms with van der Waals surface area (Å²) in [4.78, 5) is 17.0. The van der Waals surface area contributed by atoms with Gasteiger partial charge in [-0.1, -0.05) is 13.8 Å². The van der Waals surface area contributed by atoms with Crippen LogP contribution in [0.3, 0.4) is 0 Å². The fourth-order valence-electron chi connectivity index (χ4n) is 1.59. The predicted molar refractivity (Wildman–Crippen MR) is 65.6 cm³/mol. The van der Waals surface area contributed by atoms with Crippen molar-refractivity contribution in [2.45, 2.75) is 13.8 Å². The number of pyridine rings is 1. The highest BCUT2D eigenvalue weighted by Gasteiger charge is 2.18. The average Bonchev–Trinajstić information content (AvgIpc) is 2.42. The molecule has 0 aromatic carbocycles. The number of hydrogen-bond donors (Lipinski definition) is 1. The highest BCUT2D eigenvalue weighted by molar-refractivity contribution is 5.93. The second-order valence-electron chi connectivity index (χ2n) is 3.28. The number of aromatic nitrogens is 1. The van der Waals surface area contributed by atoms with Crippen LogP contribution in [-0.4, -0.2) is 42.4 Å². The van der Waals surface area contributed by atoms with E-state index >= 15 is 0 Å². The number of morpholine rings is 1. The van der Waals surface area contributed by atoms with Crippen LogP contribution >= 0.6 is 0 Å². The lowest BCUT2D eigenvalue weighted by atomic mass is 10.2. The van der Waals surface area contributed by atoms with Crippen LogP contribution in [0.25, 0.3) is 0 Å². The normalized spacial score (nSPS) is 14.8. The van der Waals surface area contributed by atoms with Crippen LogP contribution in [-0.2, 0) is 4.74 Å². The number of rotatable bonds is 2. The third kappa shape index (κ3) is 3.42. The van der Waals surface area contributed by atoms with E-state index in [1.54, 1.807) is 18.3 Å². The van der Waals surface area contributed by atoms with Crippen LogP contribution in [0.1, 0.15) is 24.2 Å². The molecule has 0 bridgehead atoms. The molecule has 2 rings (SSSR count). The lowest BCUT2D eigenvalue weighted by Gasteiger charge is -2.28. The molecule has 1 aliphatic rings. The Morgan fingerprint density at radius 3 is 2.65 bits per heavy atom. The van der Waals surface area contributed by atoms with Gasteiger partial charge in [0.15, 0.2) is 0 Å². The van der Waals surface area contributed by atoms with Crippen molar-refractivity contribution in [1.82, 2.24) is 4.98 Å². The number of ether oxygens (including phenoxy) is 1. The number of nitrogens with zero attached hydrogens (tertiary/aromatic N) is 2. The summed E-state index contributed by atoms with van der Waals surface area (Å²) in [6.45, 7) is 6.62. The molecule has 0 radical (unpaired) electrons. The van der Waals surface area contributed by atoms with E-state index in [4.69, 9.17) is 9.84 Å². The zero-order valence-electron chi connectivity index (χ0n) is 10.2. The Kier molecular flexibility index (Phi) is 5.42. The molecule has 1 fully saturated rings. The molecule has 0 saturated carbocycles. The van der Waals surface area contributed by atoms with E-state index in [0.29, 0.717) is 32.1 Å². The lowest BCUT2D eigenvalue weighted by molar-refractivity contribution is 0.0696. The molecule has 0 aliphatic carbocycles. The van der Waals surface area contributed by atoms with Crippen molar-refractivity contribution >= 4 is 11.8 Å². The summed E-state index contributed by atoms with van der Waals surface area (Å²) in [6, 6.07) is 3.20. The number of hydrogen-bond acceptors (Lipinski definition) is 4. The van der Waals surface area contributed by atoms with Gasteiger partial charge in [0.1, 0.15) is 11.4 Å². The van der Waals surface area contributed by atoms with E-state index in [9.17, 15) is 4.79 Å². The van der Waals surface area contributed by atoms with Crippen LogP contribution in [0.15, 0.2) is 18.3 Å². The minimum atomic E-state index is -0.940. The van der Waals surface area contributed by atoms with Crippen LogP contribution < -0.4 is 4.90 Å². The van der Waals surface area contributed by atoms with Crippen molar-refractivity contribution in [3.05, 3.63) is 23.9 Å². The zero-order valence-corrected chi connectivity index (χ0v) is 10.2. The topological polar surface area (TPSA) is 62.7 Å². The number of anilines is 1. The van der Waals surface area contributed by atoms with Crippen molar-refractivity contribution in [3.63, 3.8) is 0 Å². The monoisotopic (exact) mass is 238 g/mol. The molecular weight excluding hydrogens is 220 g/mol. The van der Waals surface area contributed by atoms with E-state index in [1.807, 2.05) is 18.7 Å². The molecule has 0 unspecified atom stereocenters. The molecule has 17 heavy (non-hydrogen) atoms. The minimum absolute atomic E-state index is 0.249. The van der Waals surface area contributed by atoms with Gasteiger partial charge in [-0.15, -0.1) is 0 Å². The summed E-state index contributed by atoms with van der Waals surface area (Å²) < 4.78 is 5.20. The van der Waals surface area contributed by atoms with Crippen LogP contribution in [0.2, 0.25) is 0 Å². The van der Waals surface area contributed by atoms with E-state index in [1.165, 1.54) is 0 Å². The third-order valence-corrected chi connectivity index (χ3v) is 2.33. The van der Waals surface area contributed by atoms with Gasteiger partial charge in [-0.25, -0.2) is 9.78 Å². The highest BCUT2D eigenvalue weighted by atomic mass is 16.5. The first kappa shape index (κ1) is 13.4. The van der Waals surface area contributed by atoms with Gasteiger partial charge < -0.3 is 14.7 Å². The largest absolute Gasteiger partial charge is 0.478 e. The fourth-order valence-corrected chi connectivity index (χ4v) is 1.59. The number of carbonyl (C=O) groups is 1. The van der Waals surface area contributed by atoms with E-state index in [0.717, 1.165) is 0 Å². The maximum absolute atomic E-state index is 11.0. The summed E-state index contributed by atoms with van der Waals surface area (Å²) in [6.07, 6.45) is 1.61. The van der Waals surface area contributed by atoms with E-state index in [2.05, 4.69) is 4.98 Å². The smallest absolute Gasteiger partial charge is 0.339 e. The molecule has 1 N–H and O–H groups in total. The number of aromatic carboxylic acids is 1. The Morgan fingerprint density at radius 1 is 1.41 bits per heavy atom. The summed E-state index contributed by atoms with van der Waals surface area (Å²) in [5, 5.41) is 9.00. The standard InChI is InChI=1S/C10H12N2O3.C2H6/c13-10(14)8-2-1-3-11-9(8)12-4-6-15-7-5-12;1-2/h1-3H,4-7H2,(H,13,14);1-2H3. The van der Waals surface area contributed by atoms with Gasteiger partial charge >= 0.3 is 5.97 Å². The molecule has 1 aliphatic heterocycles. The molecule has 1 saturated heterocycles. The first-order chi connectivity index (χ1) is 8.29. The summed E-state index contributed by atoms with van der Waals surface area (Å²) in [7, 11) is 0. The quantitative estimate of drug-likeness (QED) is 0.848. The Balaban J connectivity index is 0.000000686. The van der Waals surface area contributed by atoms with E-state index in [-0.39, 0.29) is 5.56 Å². The van der Waals surface area contributed by atoms with Crippen molar-refractivity contribution in [3.8, 4) is 0 Å². The van der Waals surface area contributed by atoms with Crippen molar-refractivity contribution in [2.75, 3.05) is 31.2 Å². The van der Waals surface area contributed by atoms with Crippen molar-refractivity contribution < 1.29 is 14.6 Å². The Morgan fingerprint density at radius 2 is 2.06 bits per heavy atom. The molecule has 2 heterocycles. The average molecular weight is 238 g/mol. The van der Waals surface area contributed by atoms with Crippen LogP contribution in [0.4, 0.5) is 5.82 Å². The first-order valence-corrected chi connectivity index (χ1v) is 5.80. The van der Waals surface area contributed by atoms with Gasteiger partial charge in [0, 0.05) is 19.3 Å². The molecule has 1 aromatic rings. The van der Waals surface area contributed by atoms with Gasteiger partial charge in [0.2, 0.25) is 0 Å². The second-order valence-corrected chi connectivity index (χ2v) is 3.28. The van der Waals surface area contributed by atoms with Gasteiger partial charge in [-0.2, -0.15) is 0 Å². The summed E-state index contributed by atoms with van der Waals surface area (Å²) in [5.74, 6) is -0.405. The predicted octanol–water partition coefficient (Wildman–Crippen LogP) is 1.64. The maximum atomic E-state index is 11.0. The molecule has 5 heteroatoms. The van der Waals surface area contributed by atoms with Crippen LogP contribution in [0, 0.1) is 0 Å². The third-order valence-electron chi connectivity index (χ3n) is 2.33. The van der Waals surface area contributed by atoms with Gasteiger partial charge in [0.25, 0.3) is 0 Å². The zero-order chi connectivity index (χ0) is 12.7. The molecule has 0 atom stereocenters. The molecular formula is C12H18N2O3. The lowest BCUT2D eigenvalue weighted by Crippen LogP contribution is -2.37. The van der Waals surface area contributed by atoms with Gasteiger partial charge in [0.05, 0.1) is 13.2 Å². The minimum Gasteiger partial charge on any atom is -0.478 e. The SMILES string of the molecule is CC.O=C(O)c1cccnc1N1CCOCC1. The van der Waals surface area contributed by atoms with Crippen LogP contribution in [0.5, 0.6) is 0 Å². The summed E-state index contributed by atoms with van der Waals surface area (Å²) >= 11 is 0. The number of carboxylic acids is 1. The van der Waals surface area contributed by atoms with Gasteiger partial charge in [-0.3, -0.25) is 0 Å². The molecule has 0 spiro atoms. The molecule has 94 valence electrons. The maximum Gasteiger partial charge on any atom is 0.339 e. The number of carboxylic acid groups (broad SMARTS) is 1.